The van der Waals surface area contributed by atoms with E-state index in [9.17, 15) is 9.59 Å². The van der Waals surface area contributed by atoms with E-state index < -0.39 is 5.97 Å². The number of hydrogen-bond acceptors (Lipinski definition) is 3. The van der Waals surface area contributed by atoms with E-state index in [-0.39, 0.29) is 17.8 Å². The van der Waals surface area contributed by atoms with Gasteiger partial charge in [-0.15, -0.1) is 0 Å². The molecule has 0 fully saturated rings. The zero-order chi connectivity index (χ0) is 14.7. The van der Waals surface area contributed by atoms with Gasteiger partial charge >= 0.3 is 10.8 Å². The molecule has 2 aromatic rings. The molecule has 0 spiro atoms. The second kappa shape index (κ2) is 6.05. The summed E-state index contributed by atoms with van der Waals surface area (Å²) in [5.41, 5.74) is 2.97. The van der Waals surface area contributed by atoms with Crippen LogP contribution in [0.4, 0.5) is 0 Å². The third-order valence-corrected chi connectivity index (χ3v) is 3.97. The summed E-state index contributed by atoms with van der Waals surface area (Å²) in [5.74, 6) is -0.440. The molecule has 0 atom stereocenters. The normalized spacial score (nSPS) is 10.9. The molecule has 2 rings (SSSR count). The van der Waals surface area contributed by atoms with Gasteiger partial charge in [-0.3, -0.25) is 14.2 Å². The predicted molar refractivity (Wildman–Crippen MR) is 80.4 cm³/mol. The first kappa shape index (κ1) is 14.5. The Hall–Kier alpha value is -1.88. The quantitative estimate of drug-likeness (QED) is 0.920. The Bertz CT molecular complexity index is 653. The lowest BCUT2D eigenvalue weighted by molar-refractivity contribution is -0.137. The van der Waals surface area contributed by atoms with Gasteiger partial charge in [-0.2, -0.15) is 0 Å². The molecular weight excluding hydrogens is 274 g/mol. The Kier molecular flexibility index (Phi) is 4.39. The maximum absolute atomic E-state index is 11.8. The van der Waals surface area contributed by atoms with Crippen molar-refractivity contribution in [3.05, 3.63) is 44.9 Å². The summed E-state index contributed by atoms with van der Waals surface area (Å²) in [6.07, 6.45) is -0.0479. The van der Waals surface area contributed by atoms with Crippen LogP contribution in [0.1, 0.15) is 31.7 Å². The van der Waals surface area contributed by atoms with E-state index in [4.69, 9.17) is 5.11 Å². The SMILES string of the molecule is CC(C)c1ccc(-c2csc(=O)n2CCC(=O)O)cc1. The van der Waals surface area contributed by atoms with E-state index in [0.29, 0.717) is 5.92 Å². The number of nitrogens with zero attached hydrogens (tertiary/aromatic N) is 1. The van der Waals surface area contributed by atoms with Crippen LogP contribution in [0.5, 0.6) is 0 Å². The Morgan fingerprint density at radius 1 is 1.30 bits per heavy atom. The summed E-state index contributed by atoms with van der Waals surface area (Å²) >= 11 is 1.10. The average molecular weight is 291 g/mol. The van der Waals surface area contributed by atoms with Gasteiger partial charge in [0, 0.05) is 11.9 Å². The van der Waals surface area contributed by atoms with Crippen LogP contribution in [0.2, 0.25) is 0 Å². The molecule has 1 N–H and O–H groups in total. The van der Waals surface area contributed by atoms with Crippen LogP contribution in [0.25, 0.3) is 11.3 Å². The van der Waals surface area contributed by atoms with E-state index >= 15 is 0 Å². The molecular formula is C15H17NO3S. The number of carbonyl (C=O) groups is 1. The zero-order valence-electron chi connectivity index (χ0n) is 11.5. The standard InChI is InChI=1S/C15H17NO3S/c1-10(2)11-3-5-12(6-4-11)13-9-20-15(19)16(13)8-7-14(17)18/h3-6,9-10H,7-8H2,1-2H3,(H,17,18). The highest BCUT2D eigenvalue weighted by Crippen LogP contribution is 2.23. The minimum atomic E-state index is -0.899. The number of hydrogen-bond donors (Lipinski definition) is 1. The average Bonchev–Trinajstić information content (AvgIpc) is 2.77. The first-order valence-corrected chi connectivity index (χ1v) is 7.37. The molecule has 20 heavy (non-hydrogen) atoms. The van der Waals surface area contributed by atoms with Gasteiger partial charge in [-0.1, -0.05) is 49.4 Å². The zero-order valence-corrected chi connectivity index (χ0v) is 12.3. The van der Waals surface area contributed by atoms with Crippen LogP contribution in [-0.2, 0) is 11.3 Å². The summed E-state index contributed by atoms with van der Waals surface area (Å²) in [6, 6.07) is 8.05. The van der Waals surface area contributed by atoms with E-state index in [2.05, 4.69) is 13.8 Å². The number of benzene rings is 1. The molecule has 0 radical (unpaired) electrons. The summed E-state index contributed by atoms with van der Waals surface area (Å²) in [4.78, 5) is 22.3. The van der Waals surface area contributed by atoms with E-state index in [1.54, 1.807) is 5.38 Å². The molecule has 106 valence electrons. The lowest BCUT2D eigenvalue weighted by Gasteiger charge is -2.09. The fourth-order valence-corrected chi connectivity index (χ4v) is 2.81. The van der Waals surface area contributed by atoms with Crippen LogP contribution in [0.15, 0.2) is 34.4 Å². The number of aliphatic carboxylic acids is 1. The number of carboxylic acids is 1. The first-order valence-electron chi connectivity index (χ1n) is 6.49. The van der Waals surface area contributed by atoms with Crippen LogP contribution >= 0.6 is 11.3 Å². The Morgan fingerprint density at radius 2 is 1.95 bits per heavy atom. The summed E-state index contributed by atoms with van der Waals surface area (Å²) in [5, 5.41) is 10.5. The largest absolute Gasteiger partial charge is 0.481 e. The van der Waals surface area contributed by atoms with Gasteiger partial charge in [0.2, 0.25) is 0 Å². The van der Waals surface area contributed by atoms with Crippen molar-refractivity contribution in [2.75, 3.05) is 0 Å². The Labute approximate surface area is 121 Å². The van der Waals surface area contributed by atoms with Crippen molar-refractivity contribution >= 4 is 17.3 Å². The van der Waals surface area contributed by atoms with Crippen molar-refractivity contribution in [1.82, 2.24) is 4.57 Å². The summed E-state index contributed by atoms with van der Waals surface area (Å²) in [6.45, 7) is 4.46. The maximum Gasteiger partial charge on any atom is 0.307 e. The fraction of sp³-hybridized carbons (Fsp3) is 0.333. The second-order valence-electron chi connectivity index (χ2n) is 4.96. The maximum atomic E-state index is 11.8. The van der Waals surface area contributed by atoms with Gasteiger partial charge in [0.25, 0.3) is 0 Å². The van der Waals surface area contributed by atoms with Gasteiger partial charge in [0.05, 0.1) is 12.1 Å². The van der Waals surface area contributed by atoms with Crippen molar-refractivity contribution in [2.45, 2.75) is 32.7 Å². The first-order chi connectivity index (χ1) is 9.49. The lowest BCUT2D eigenvalue weighted by Crippen LogP contribution is -2.16. The van der Waals surface area contributed by atoms with E-state index in [1.165, 1.54) is 10.1 Å². The predicted octanol–water partition coefficient (Wildman–Crippen LogP) is 3.17. The number of rotatable bonds is 5. The van der Waals surface area contributed by atoms with E-state index in [1.807, 2.05) is 24.3 Å². The minimum Gasteiger partial charge on any atom is -0.481 e. The molecule has 0 saturated carbocycles. The molecule has 4 nitrogen and oxygen atoms in total. The smallest absolute Gasteiger partial charge is 0.307 e. The summed E-state index contributed by atoms with van der Waals surface area (Å²) < 4.78 is 1.53. The minimum absolute atomic E-state index is 0.0479. The van der Waals surface area contributed by atoms with Gasteiger partial charge in [-0.25, -0.2) is 0 Å². The van der Waals surface area contributed by atoms with Gasteiger partial charge < -0.3 is 5.11 Å². The molecule has 0 aliphatic heterocycles. The van der Waals surface area contributed by atoms with Crippen LogP contribution in [0.3, 0.4) is 0 Å². The molecule has 0 unspecified atom stereocenters. The van der Waals surface area contributed by atoms with Crippen molar-refractivity contribution in [2.24, 2.45) is 0 Å². The van der Waals surface area contributed by atoms with Crippen molar-refractivity contribution < 1.29 is 9.90 Å². The molecule has 5 heteroatoms. The van der Waals surface area contributed by atoms with Crippen molar-refractivity contribution in [3.63, 3.8) is 0 Å². The molecule has 0 bridgehead atoms. The fourth-order valence-electron chi connectivity index (χ4n) is 2.01. The molecule has 1 aromatic heterocycles. The highest BCUT2D eigenvalue weighted by Gasteiger charge is 2.10. The molecule has 1 heterocycles. The Morgan fingerprint density at radius 3 is 2.50 bits per heavy atom. The summed E-state index contributed by atoms with van der Waals surface area (Å²) in [7, 11) is 0. The number of aromatic nitrogens is 1. The molecule has 0 aliphatic carbocycles. The Balaban J connectivity index is 2.32. The highest BCUT2D eigenvalue weighted by atomic mass is 32.1. The molecule has 0 amide bonds. The second-order valence-corrected chi connectivity index (χ2v) is 5.78. The monoisotopic (exact) mass is 291 g/mol. The highest BCUT2D eigenvalue weighted by molar-refractivity contribution is 7.07. The molecule has 0 saturated heterocycles. The topological polar surface area (TPSA) is 59.3 Å². The van der Waals surface area contributed by atoms with Crippen molar-refractivity contribution in [1.29, 1.82) is 0 Å². The van der Waals surface area contributed by atoms with Crippen LogP contribution in [-0.4, -0.2) is 15.6 Å². The number of carboxylic acid groups (broad SMARTS) is 1. The van der Waals surface area contributed by atoms with Gasteiger partial charge in [-0.05, 0) is 17.0 Å². The third-order valence-electron chi connectivity index (χ3n) is 3.20. The molecule has 0 aliphatic rings. The number of thiazole rings is 1. The van der Waals surface area contributed by atoms with Crippen LogP contribution < -0.4 is 4.87 Å². The lowest BCUT2D eigenvalue weighted by atomic mass is 10.0. The van der Waals surface area contributed by atoms with E-state index in [0.717, 1.165) is 22.6 Å². The third kappa shape index (κ3) is 3.17. The van der Waals surface area contributed by atoms with Crippen LogP contribution in [0, 0.1) is 0 Å². The van der Waals surface area contributed by atoms with Crippen molar-refractivity contribution in [3.8, 4) is 11.3 Å². The molecule has 1 aromatic carbocycles. The van der Waals surface area contributed by atoms with Gasteiger partial charge in [0.15, 0.2) is 0 Å². The van der Waals surface area contributed by atoms with Gasteiger partial charge in [0.1, 0.15) is 0 Å².